The lowest BCUT2D eigenvalue weighted by atomic mass is 10.1. The van der Waals surface area contributed by atoms with Crippen molar-refractivity contribution in [2.45, 2.75) is 13.3 Å². The molecule has 0 aliphatic heterocycles. The van der Waals surface area contributed by atoms with E-state index in [-0.39, 0.29) is 4.94 Å². The monoisotopic (exact) mass is 233 g/mol. The van der Waals surface area contributed by atoms with Crippen LogP contribution in [0.15, 0.2) is 33.5 Å². The van der Waals surface area contributed by atoms with Crippen LogP contribution in [0, 0.1) is 0 Å². The molecular formula is C12H11NO2S. The number of hydrogen-bond acceptors (Lipinski definition) is 4. The molecule has 0 aliphatic rings. The van der Waals surface area contributed by atoms with Crippen molar-refractivity contribution < 1.29 is 4.42 Å². The average molecular weight is 233 g/mol. The molecule has 1 aromatic heterocycles. The molecule has 0 saturated heterocycles. The molecule has 2 aromatic rings. The van der Waals surface area contributed by atoms with Gasteiger partial charge in [-0.3, -0.25) is 0 Å². The Balaban J connectivity index is 2.20. The Morgan fingerprint density at radius 2 is 2.31 bits per heavy atom. The molecule has 2 rings (SSSR count). The zero-order chi connectivity index (χ0) is 11.4. The predicted octanol–water partition coefficient (Wildman–Crippen LogP) is 2.83. The molecule has 4 heteroatoms. The summed E-state index contributed by atoms with van der Waals surface area (Å²) in [6, 6.07) is 8.19. The van der Waals surface area contributed by atoms with Gasteiger partial charge in [-0.2, -0.15) is 0 Å². The number of hydrogen-bond donors (Lipinski definition) is 0. The van der Waals surface area contributed by atoms with Crippen molar-refractivity contribution in [2.24, 2.45) is 0 Å². The predicted molar refractivity (Wildman–Crippen MR) is 65.4 cm³/mol. The molecule has 0 saturated carbocycles. The Labute approximate surface area is 97.2 Å². The van der Waals surface area contributed by atoms with E-state index in [1.54, 1.807) is 6.08 Å². The van der Waals surface area contributed by atoms with Gasteiger partial charge in [0.2, 0.25) is 5.89 Å². The van der Waals surface area contributed by atoms with Crippen molar-refractivity contribution >= 4 is 23.7 Å². The number of benzene rings is 1. The van der Waals surface area contributed by atoms with Gasteiger partial charge in [-0.1, -0.05) is 31.2 Å². The first-order valence-corrected chi connectivity index (χ1v) is 5.79. The maximum Gasteiger partial charge on any atom is 0.414 e. The highest BCUT2D eigenvalue weighted by molar-refractivity contribution is 7.02. The summed E-state index contributed by atoms with van der Waals surface area (Å²) in [5.41, 5.74) is 2.36. The highest BCUT2D eigenvalue weighted by atomic mass is 32.1. The minimum Gasteiger partial charge on any atom is -0.395 e. The van der Waals surface area contributed by atoms with Gasteiger partial charge in [-0.05, 0) is 23.6 Å². The maximum absolute atomic E-state index is 10.8. The zero-order valence-electron chi connectivity index (χ0n) is 8.84. The van der Waals surface area contributed by atoms with Crippen molar-refractivity contribution in [2.75, 3.05) is 0 Å². The van der Waals surface area contributed by atoms with Gasteiger partial charge < -0.3 is 4.42 Å². The molecule has 0 unspecified atom stereocenters. The van der Waals surface area contributed by atoms with Crippen LogP contribution in [0.3, 0.4) is 0 Å². The summed E-state index contributed by atoms with van der Waals surface area (Å²) in [6.07, 6.45) is 4.59. The standard InChI is InChI=1S/C12H11NO2S/c1-2-9-4-3-5-10(8-9)6-7-11-13-16-12(14)15-11/h3-8H,2H2,1H3/b7-6+. The smallest absolute Gasteiger partial charge is 0.395 e. The quantitative estimate of drug-likeness (QED) is 0.818. The van der Waals surface area contributed by atoms with Crippen LogP contribution in [0.5, 0.6) is 0 Å². The van der Waals surface area contributed by atoms with Crippen LogP contribution in [0.1, 0.15) is 23.9 Å². The second kappa shape index (κ2) is 4.90. The summed E-state index contributed by atoms with van der Waals surface area (Å²) >= 11 is 0.824. The topological polar surface area (TPSA) is 43.1 Å². The molecule has 0 radical (unpaired) electrons. The van der Waals surface area contributed by atoms with E-state index in [1.165, 1.54) is 5.56 Å². The van der Waals surface area contributed by atoms with Crippen LogP contribution in [-0.2, 0) is 6.42 Å². The van der Waals surface area contributed by atoms with Gasteiger partial charge in [0.25, 0.3) is 0 Å². The third-order valence-electron chi connectivity index (χ3n) is 2.18. The number of rotatable bonds is 3. The lowest BCUT2D eigenvalue weighted by Crippen LogP contribution is -1.81. The van der Waals surface area contributed by atoms with Crippen molar-refractivity contribution in [3.63, 3.8) is 0 Å². The number of nitrogens with zero attached hydrogens (tertiary/aromatic N) is 1. The molecule has 0 atom stereocenters. The van der Waals surface area contributed by atoms with E-state index in [4.69, 9.17) is 4.42 Å². The maximum atomic E-state index is 10.8. The number of aryl methyl sites for hydroxylation is 1. The van der Waals surface area contributed by atoms with Crippen LogP contribution in [0.4, 0.5) is 0 Å². The molecule has 82 valence electrons. The Morgan fingerprint density at radius 3 is 3.00 bits per heavy atom. The second-order valence-corrected chi connectivity index (χ2v) is 4.00. The molecule has 0 spiro atoms. The largest absolute Gasteiger partial charge is 0.414 e. The highest BCUT2D eigenvalue weighted by Crippen LogP contribution is 2.09. The van der Waals surface area contributed by atoms with Crippen LogP contribution in [-0.4, -0.2) is 4.37 Å². The van der Waals surface area contributed by atoms with Gasteiger partial charge >= 0.3 is 4.94 Å². The van der Waals surface area contributed by atoms with Gasteiger partial charge in [0, 0.05) is 6.08 Å². The van der Waals surface area contributed by atoms with E-state index in [2.05, 4.69) is 23.4 Å². The lowest BCUT2D eigenvalue weighted by Gasteiger charge is -1.97. The third-order valence-corrected chi connectivity index (χ3v) is 2.68. The summed E-state index contributed by atoms with van der Waals surface area (Å²) in [7, 11) is 0. The van der Waals surface area contributed by atoms with Crippen molar-refractivity contribution in [1.82, 2.24) is 4.37 Å². The molecule has 3 nitrogen and oxygen atoms in total. The minimum atomic E-state index is -0.373. The third kappa shape index (κ3) is 2.67. The molecule has 0 fully saturated rings. The van der Waals surface area contributed by atoms with E-state index >= 15 is 0 Å². The fraction of sp³-hybridized carbons (Fsp3) is 0.167. The normalized spacial score (nSPS) is 11.1. The number of aromatic nitrogens is 1. The Bertz CT molecular complexity index is 554. The van der Waals surface area contributed by atoms with E-state index in [0.717, 1.165) is 23.5 Å². The molecule has 1 aromatic carbocycles. The van der Waals surface area contributed by atoms with E-state index in [0.29, 0.717) is 5.89 Å². The van der Waals surface area contributed by atoms with E-state index < -0.39 is 0 Å². The average Bonchev–Trinajstić information content (AvgIpc) is 2.73. The lowest BCUT2D eigenvalue weighted by molar-refractivity contribution is 0.516. The summed E-state index contributed by atoms with van der Waals surface area (Å²) in [5.74, 6) is 0.358. The fourth-order valence-electron chi connectivity index (χ4n) is 1.35. The van der Waals surface area contributed by atoms with Gasteiger partial charge in [0.1, 0.15) is 0 Å². The molecule has 1 heterocycles. The molecule has 0 amide bonds. The molecule has 0 bridgehead atoms. The first-order chi connectivity index (χ1) is 7.78. The fourth-order valence-corrected chi connectivity index (χ4v) is 1.74. The van der Waals surface area contributed by atoms with Crippen molar-refractivity contribution in [1.29, 1.82) is 0 Å². The summed E-state index contributed by atoms with van der Waals surface area (Å²) in [5, 5.41) is 0. The molecule has 16 heavy (non-hydrogen) atoms. The van der Waals surface area contributed by atoms with E-state index in [1.807, 2.05) is 18.2 Å². The van der Waals surface area contributed by atoms with Crippen LogP contribution in [0.2, 0.25) is 0 Å². The highest BCUT2D eigenvalue weighted by Gasteiger charge is 1.96. The zero-order valence-corrected chi connectivity index (χ0v) is 9.66. The Hall–Kier alpha value is -1.68. The van der Waals surface area contributed by atoms with Crippen LogP contribution >= 0.6 is 11.5 Å². The second-order valence-electron chi connectivity index (χ2n) is 3.30. The first kappa shape index (κ1) is 10.8. The SMILES string of the molecule is CCc1cccc(/C=C/c2nsc(=O)o2)c1. The minimum absolute atomic E-state index is 0.358. The van der Waals surface area contributed by atoms with Crippen molar-refractivity contribution in [3.8, 4) is 0 Å². The van der Waals surface area contributed by atoms with Gasteiger partial charge in [-0.25, -0.2) is 4.79 Å². The Morgan fingerprint density at radius 1 is 1.44 bits per heavy atom. The van der Waals surface area contributed by atoms with Gasteiger partial charge in [0.15, 0.2) is 0 Å². The first-order valence-electron chi connectivity index (χ1n) is 5.02. The van der Waals surface area contributed by atoms with E-state index in [9.17, 15) is 4.79 Å². The Kier molecular flexibility index (Phi) is 3.31. The summed E-state index contributed by atoms with van der Waals surface area (Å²) in [4.78, 5) is 10.4. The van der Waals surface area contributed by atoms with Crippen LogP contribution < -0.4 is 4.94 Å². The van der Waals surface area contributed by atoms with Gasteiger partial charge in [-0.15, -0.1) is 4.37 Å². The van der Waals surface area contributed by atoms with Gasteiger partial charge in [0.05, 0.1) is 11.5 Å². The van der Waals surface area contributed by atoms with Crippen LogP contribution in [0.25, 0.3) is 12.2 Å². The molecule has 0 aliphatic carbocycles. The van der Waals surface area contributed by atoms with Crippen molar-refractivity contribution in [3.05, 3.63) is 51.0 Å². The summed E-state index contributed by atoms with van der Waals surface area (Å²) < 4.78 is 8.68. The summed E-state index contributed by atoms with van der Waals surface area (Å²) in [6.45, 7) is 2.11. The molecule has 0 N–H and O–H groups in total. The molecular weight excluding hydrogens is 222 g/mol.